The smallest absolute Gasteiger partial charge is 0.0971 e. The van der Waals surface area contributed by atoms with Gasteiger partial charge < -0.3 is 9.69 Å². The highest BCUT2D eigenvalue weighted by atomic mass is 16.4. The lowest BCUT2D eigenvalue weighted by atomic mass is 9.67. The number of piperidine rings is 1. The van der Waals surface area contributed by atoms with Crippen LogP contribution in [0.4, 0.5) is 0 Å². The largest absolute Gasteiger partial charge is 0.411 e. The van der Waals surface area contributed by atoms with Crippen LogP contribution < -0.4 is 0 Å². The average Bonchev–Trinajstić information content (AvgIpc) is 2.38. The van der Waals surface area contributed by atoms with Crippen LogP contribution in [0.25, 0.3) is 0 Å². The van der Waals surface area contributed by atoms with Crippen LogP contribution in [0.2, 0.25) is 0 Å². The van der Waals surface area contributed by atoms with Crippen LogP contribution in [-0.2, 0) is 0 Å². The molecule has 18 heavy (non-hydrogen) atoms. The number of likely N-dealkylation sites (tertiary alicyclic amines) is 1. The summed E-state index contributed by atoms with van der Waals surface area (Å²) in [5, 5.41) is 13.1. The summed E-state index contributed by atoms with van der Waals surface area (Å²) in [5.41, 5.74) is 1.16. The molecule has 3 fully saturated rings. The van der Waals surface area contributed by atoms with Gasteiger partial charge in [-0.3, -0.25) is 0 Å². The molecular weight excluding hydrogens is 224 g/mol. The summed E-state index contributed by atoms with van der Waals surface area (Å²) in [4.78, 5) is 0. The van der Waals surface area contributed by atoms with E-state index in [0.717, 1.165) is 11.8 Å². The SMILES string of the molecule is C[N+]1([C@@H]2CC[C@H]3CCC[C@H]2/C3=N/O)CCCCC1. The number of rotatable bonds is 1. The summed E-state index contributed by atoms with van der Waals surface area (Å²) < 4.78 is 1.25. The van der Waals surface area contributed by atoms with Gasteiger partial charge in [0.1, 0.15) is 0 Å². The Kier molecular flexibility index (Phi) is 3.35. The van der Waals surface area contributed by atoms with E-state index in [2.05, 4.69) is 12.2 Å². The first-order valence-electron chi connectivity index (χ1n) is 7.81. The van der Waals surface area contributed by atoms with Crippen LogP contribution in [-0.4, -0.2) is 41.6 Å². The van der Waals surface area contributed by atoms with Crippen LogP contribution >= 0.6 is 0 Å². The zero-order chi connectivity index (χ0) is 12.6. The van der Waals surface area contributed by atoms with Crippen molar-refractivity contribution in [2.24, 2.45) is 17.0 Å². The quantitative estimate of drug-likeness (QED) is 0.434. The molecule has 2 aliphatic carbocycles. The van der Waals surface area contributed by atoms with E-state index in [9.17, 15) is 5.21 Å². The van der Waals surface area contributed by atoms with Crippen LogP contribution in [0, 0.1) is 11.8 Å². The highest BCUT2D eigenvalue weighted by Crippen LogP contribution is 2.42. The van der Waals surface area contributed by atoms with E-state index in [1.165, 1.54) is 68.9 Å². The van der Waals surface area contributed by atoms with Crippen LogP contribution in [0.3, 0.4) is 0 Å². The van der Waals surface area contributed by atoms with Crippen molar-refractivity contribution in [1.82, 2.24) is 0 Å². The molecule has 1 heterocycles. The van der Waals surface area contributed by atoms with Gasteiger partial charge in [-0.15, -0.1) is 0 Å². The number of fused-ring (bicyclic) bond motifs is 2. The lowest BCUT2D eigenvalue weighted by Gasteiger charge is -2.51. The molecule has 0 unspecified atom stereocenters. The molecule has 0 amide bonds. The molecule has 3 rings (SSSR count). The van der Waals surface area contributed by atoms with E-state index in [0.29, 0.717) is 11.8 Å². The second kappa shape index (κ2) is 4.84. The van der Waals surface area contributed by atoms with Gasteiger partial charge in [-0.1, -0.05) is 11.6 Å². The molecule has 2 bridgehead atoms. The zero-order valence-corrected chi connectivity index (χ0v) is 11.6. The molecule has 3 heteroatoms. The number of hydrogen-bond donors (Lipinski definition) is 1. The Labute approximate surface area is 110 Å². The van der Waals surface area contributed by atoms with Crippen molar-refractivity contribution < 1.29 is 9.69 Å². The average molecular weight is 251 g/mol. The standard InChI is InChI=1S/C15H26N2O/c1-17(10-3-2-4-11-17)14-9-8-12-6-5-7-13(14)15(12)16-18/h12-14H,2-11H2,1H3/p+1/b16-15+/t12-,13-,14-/m1/s1. The molecule has 0 spiro atoms. The second-order valence-corrected chi connectivity index (χ2v) is 6.89. The lowest BCUT2D eigenvalue weighted by Crippen LogP contribution is -2.61. The maximum Gasteiger partial charge on any atom is 0.0971 e. The van der Waals surface area contributed by atoms with Gasteiger partial charge in [-0.25, -0.2) is 0 Å². The summed E-state index contributed by atoms with van der Waals surface area (Å²) in [7, 11) is 2.45. The van der Waals surface area contributed by atoms with E-state index >= 15 is 0 Å². The Morgan fingerprint density at radius 1 is 1.00 bits per heavy atom. The summed E-state index contributed by atoms with van der Waals surface area (Å²) in [6.07, 6.45) is 10.6. The van der Waals surface area contributed by atoms with Crippen LogP contribution in [0.1, 0.15) is 51.4 Å². The molecular formula is C15H27N2O+. The van der Waals surface area contributed by atoms with Gasteiger partial charge in [0.05, 0.1) is 37.8 Å². The Morgan fingerprint density at radius 3 is 2.50 bits per heavy atom. The third-order valence-corrected chi connectivity index (χ3v) is 5.90. The molecule has 1 saturated heterocycles. The van der Waals surface area contributed by atoms with Crippen molar-refractivity contribution >= 4 is 5.71 Å². The zero-order valence-electron chi connectivity index (χ0n) is 11.6. The molecule has 1 aliphatic heterocycles. The molecule has 102 valence electrons. The maximum absolute atomic E-state index is 9.38. The van der Waals surface area contributed by atoms with E-state index in [-0.39, 0.29) is 0 Å². The van der Waals surface area contributed by atoms with Gasteiger partial charge in [0, 0.05) is 12.3 Å². The predicted molar refractivity (Wildman–Crippen MR) is 72.8 cm³/mol. The molecule has 3 aliphatic rings. The van der Waals surface area contributed by atoms with Gasteiger partial charge in [0.2, 0.25) is 0 Å². The topological polar surface area (TPSA) is 32.6 Å². The molecule has 0 aromatic carbocycles. The molecule has 0 aromatic rings. The van der Waals surface area contributed by atoms with E-state index in [4.69, 9.17) is 0 Å². The highest BCUT2D eigenvalue weighted by molar-refractivity contribution is 5.90. The van der Waals surface area contributed by atoms with Gasteiger partial charge >= 0.3 is 0 Å². The Balaban J connectivity index is 1.83. The molecule has 3 nitrogen and oxygen atoms in total. The van der Waals surface area contributed by atoms with Crippen molar-refractivity contribution in [2.45, 2.75) is 57.4 Å². The first-order valence-corrected chi connectivity index (χ1v) is 7.81. The number of hydrogen-bond acceptors (Lipinski definition) is 2. The first kappa shape index (κ1) is 12.5. The second-order valence-electron chi connectivity index (χ2n) is 6.89. The van der Waals surface area contributed by atoms with Gasteiger partial charge in [-0.2, -0.15) is 0 Å². The third-order valence-electron chi connectivity index (χ3n) is 5.90. The van der Waals surface area contributed by atoms with Crippen LogP contribution in [0.5, 0.6) is 0 Å². The summed E-state index contributed by atoms with van der Waals surface area (Å²) in [5.74, 6) is 1.17. The fourth-order valence-corrected chi connectivity index (χ4v) is 4.91. The van der Waals surface area contributed by atoms with Gasteiger partial charge in [-0.05, 0) is 38.5 Å². The fraction of sp³-hybridized carbons (Fsp3) is 0.933. The fourth-order valence-electron chi connectivity index (χ4n) is 4.91. The molecule has 0 radical (unpaired) electrons. The third kappa shape index (κ3) is 1.97. The molecule has 2 saturated carbocycles. The minimum Gasteiger partial charge on any atom is -0.411 e. The first-order chi connectivity index (χ1) is 8.74. The van der Waals surface area contributed by atoms with Crippen molar-refractivity contribution in [1.29, 1.82) is 0 Å². The Morgan fingerprint density at radius 2 is 1.78 bits per heavy atom. The lowest BCUT2D eigenvalue weighted by molar-refractivity contribution is -0.941. The summed E-state index contributed by atoms with van der Waals surface area (Å²) in [6, 6.07) is 0.729. The van der Waals surface area contributed by atoms with Gasteiger partial charge in [0.25, 0.3) is 0 Å². The maximum atomic E-state index is 9.38. The van der Waals surface area contributed by atoms with Crippen molar-refractivity contribution in [3.05, 3.63) is 0 Å². The Bertz CT molecular complexity index is 333. The molecule has 3 atom stereocenters. The predicted octanol–water partition coefficient (Wildman–Crippen LogP) is 3.03. The summed E-state index contributed by atoms with van der Waals surface area (Å²) >= 11 is 0. The minimum atomic E-state index is 0.575. The van der Waals surface area contributed by atoms with E-state index < -0.39 is 0 Å². The van der Waals surface area contributed by atoms with Gasteiger partial charge in [0.15, 0.2) is 0 Å². The monoisotopic (exact) mass is 251 g/mol. The van der Waals surface area contributed by atoms with Crippen molar-refractivity contribution in [3.8, 4) is 0 Å². The number of oxime groups is 1. The highest BCUT2D eigenvalue weighted by Gasteiger charge is 2.48. The van der Waals surface area contributed by atoms with E-state index in [1.807, 2.05) is 0 Å². The Hall–Kier alpha value is -0.570. The molecule has 0 aromatic heterocycles. The normalized spacial score (nSPS) is 41.8. The minimum absolute atomic E-state index is 0.575. The molecule has 1 N–H and O–H groups in total. The number of nitrogens with zero attached hydrogens (tertiary/aromatic N) is 2. The van der Waals surface area contributed by atoms with Crippen LogP contribution in [0.15, 0.2) is 5.16 Å². The van der Waals surface area contributed by atoms with Crippen molar-refractivity contribution in [2.75, 3.05) is 20.1 Å². The van der Waals surface area contributed by atoms with E-state index in [1.54, 1.807) is 0 Å². The number of quaternary nitrogens is 1. The van der Waals surface area contributed by atoms with Crippen molar-refractivity contribution in [3.63, 3.8) is 0 Å². The summed E-state index contributed by atoms with van der Waals surface area (Å²) in [6.45, 7) is 2.68.